The number of carbonyl (C=O) groups is 3. The van der Waals surface area contributed by atoms with Crippen LogP contribution in [-0.4, -0.2) is 23.8 Å². The number of amides is 2. The summed E-state index contributed by atoms with van der Waals surface area (Å²) < 4.78 is 14.0. The van der Waals surface area contributed by atoms with Gasteiger partial charge in [0.25, 0.3) is 11.8 Å². The van der Waals surface area contributed by atoms with Crippen molar-refractivity contribution in [3.05, 3.63) is 77.2 Å². The fourth-order valence-corrected chi connectivity index (χ4v) is 2.41. The molecule has 2 rings (SSSR count). The van der Waals surface area contributed by atoms with Gasteiger partial charge in [0.2, 0.25) is 0 Å². The lowest BCUT2D eigenvalue weighted by Crippen LogP contribution is -2.52. The van der Waals surface area contributed by atoms with Gasteiger partial charge in [0.1, 0.15) is 11.5 Å². The molecule has 1 atom stereocenters. The van der Waals surface area contributed by atoms with Gasteiger partial charge in [-0.15, -0.1) is 0 Å². The molecule has 0 bridgehead atoms. The van der Waals surface area contributed by atoms with Crippen LogP contribution in [0.15, 0.2) is 60.3 Å². The standard InChI is InChI=1S/C21H21FN2O4/c1-13(2)18(21(27)28)24-20(26)17(12-15-10-6-7-11-16(15)22)23-19(25)14-8-4-3-5-9-14/h3-13,18H,1-2H3,(H,23,25)(H,24,26)(H,27,28)/p-1/b17-12+/t18-/m1/s1. The molecule has 2 aromatic carbocycles. The normalized spacial score (nSPS) is 12.4. The monoisotopic (exact) mass is 383 g/mol. The molecule has 28 heavy (non-hydrogen) atoms. The van der Waals surface area contributed by atoms with E-state index >= 15 is 0 Å². The summed E-state index contributed by atoms with van der Waals surface area (Å²) >= 11 is 0. The van der Waals surface area contributed by atoms with E-state index in [1.54, 1.807) is 50.2 Å². The molecule has 0 aliphatic rings. The van der Waals surface area contributed by atoms with E-state index in [2.05, 4.69) is 10.6 Å². The highest BCUT2D eigenvalue weighted by molar-refractivity contribution is 6.06. The maximum Gasteiger partial charge on any atom is 0.268 e. The van der Waals surface area contributed by atoms with Crippen LogP contribution in [0.4, 0.5) is 4.39 Å². The molecule has 0 radical (unpaired) electrons. The summed E-state index contributed by atoms with van der Waals surface area (Å²) in [5.41, 5.74) is 0.0662. The van der Waals surface area contributed by atoms with Crippen molar-refractivity contribution >= 4 is 23.9 Å². The smallest absolute Gasteiger partial charge is 0.268 e. The van der Waals surface area contributed by atoms with Crippen molar-refractivity contribution in [2.75, 3.05) is 0 Å². The molecule has 0 aliphatic heterocycles. The minimum absolute atomic E-state index is 0.0653. The number of carboxylic acids is 1. The van der Waals surface area contributed by atoms with E-state index in [1.165, 1.54) is 18.2 Å². The first kappa shape index (κ1) is 20.8. The van der Waals surface area contributed by atoms with Gasteiger partial charge in [-0.25, -0.2) is 4.39 Å². The highest BCUT2D eigenvalue weighted by atomic mass is 19.1. The van der Waals surface area contributed by atoms with E-state index in [-0.39, 0.29) is 16.8 Å². The van der Waals surface area contributed by atoms with E-state index in [9.17, 15) is 23.9 Å². The van der Waals surface area contributed by atoms with Crippen LogP contribution in [0.5, 0.6) is 0 Å². The fourth-order valence-electron chi connectivity index (χ4n) is 2.41. The Morgan fingerprint density at radius 2 is 1.61 bits per heavy atom. The lowest BCUT2D eigenvalue weighted by atomic mass is 10.0. The third-order valence-corrected chi connectivity index (χ3v) is 3.94. The quantitative estimate of drug-likeness (QED) is 0.708. The Kier molecular flexibility index (Phi) is 7.03. The summed E-state index contributed by atoms with van der Waals surface area (Å²) in [4.78, 5) is 36.3. The number of hydrogen-bond acceptors (Lipinski definition) is 4. The lowest BCUT2D eigenvalue weighted by molar-refractivity contribution is -0.309. The van der Waals surface area contributed by atoms with Crippen molar-refractivity contribution < 1.29 is 23.9 Å². The molecule has 0 fully saturated rings. The van der Waals surface area contributed by atoms with Crippen molar-refractivity contribution in [3.63, 3.8) is 0 Å². The Morgan fingerprint density at radius 1 is 1.00 bits per heavy atom. The van der Waals surface area contributed by atoms with Crippen molar-refractivity contribution in [2.24, 2.45) is 5.92 Å². The zero-order valence-electron chi connectivity index (χ0n) is 15.4. The summed E-state index contributed by atoms with van der Waals surface area (Å²) in [5, 5.41) is 16.0. The minimum Gasteiger partial charge on any atom is -0.548 e. The van der Waals surface area contributed by atoms with E-state index in [4.69, 9.17) is 0 Å². The van der Waals surface area contributed by atoms with Gasteiger partial charge in [0.15, 0.2) is 0 Å². The van der Waals surface area contributed by atoms with Crippen LogP contribution in [0.25, 0.3) is 6.08 Å². The van der Waals surface area contributed by atoms with Gasteiger partial charge in [-0.2, -0.15) is 0 Å². The molecular formula is C21H20FN2O4-. The summed E-state index contributed by atoms with van der Waals surface area (Å²) in [5.74, 6) is -3.96. The van der Waals surface area contributed by atoms with Crippen LogP contribution in [0.2, 0.25) is 0 Å². The number of nitrogens with one attached hydrogen (secondary N) is 2. The highest BCUT2D eigenvalue weighted by Crippen LogP contribution is 2.12. The Balaban J connectivity index is 2.35. The molecule has 0 spiro atoms. The summed E-state index contributed by atoms with van der Waals surface area (Å²) in [6.07, 6.45) is 1.15. The predicted molar refractivity (Wildman–Crippen MR) is 100 cm³/mol. The molecule has 0 unspecified atom stereocenters. The van der Waals surface area contributed by atoms with Crippen LogP contribution in [-0.2, 0) is 9.59 Å². The second-order valence-corrected chi connectivity index (χ2v) is 6.41. The predicted octanol–water partition coefficient (Wildman–Crippen LogP) is 1.49. The molecule has 0 aromatic heterocycles. The van der Waals surface area contributed by atoms with Crippen molar-refractivity contribution in [1.82, 2.24) is 10.6 Å². The van der Waals surface area contributed by atoms with Crippen molar-refractivity contribution in [1.29, 1.82) is 0 Å². The molecule has 0 heterocycles. The van der Waals surface area contributed by atoms with Crippen LogP contribution < -0.4 is 15.7 Å². The SMILES string of the molecule is CC(C)[C@@H](NC(=O)/C(=C\c1ccccc1F)NC(=O)c1ccccc1)C(=O)[O-]. The maximum atomic E-state index is 14.0. The van der Waals surface area contributed by atoms with E-state index in [0.717, 1.165) is 6.08 Å². The van der Waals surface area contributed by atoms with E-state index in [0.29, 0.717) is 0 Å². The van der Waals surface area contributed by atoms with Gasteiger partial charge in [-0.3, -0.25) is 9.59 Å². The lowest BCUT2D eigenvalue weighted by Gasteiger charge is -2.24. The van der Waals surface area contributed by atoms with Gasteiger partial charge in [-0.05, 0) is 30.2 Å². The zero-order chi connectivity index (χ0) is 20.7. The molecule has 0 saturated heterocycles. The van der Waals surface area contributed by atoms with Gasteiger partial charge in [0.05, 0.1) is 12.0 Å². The zero-order valence-corrected chi connectivity index (χ0v) is 15.4. The second kappa shape index (κ2) is 9.45. The number of hydrogen-bond donors (Lipinski definition) is 2. The number of carbonyl (C=O) groups excluding carboxylic acids is 3. The molecule has 0 aliphatic carbocycles. The maximum absolute atomic E-state index is 14.0. The Hall–Kier alpha value is -3.48. The van der Waals surface area contributed by atoms with Crippen LogP contribution in [0.3, 0.4) is 0 Å². The number of benzene rings is 2. The Labute approximate surface area is 162 Å². The first-order valence-electron chi connectivity index (χ1n) is 8.64. The molecule has 7 heteroatoms. The van der Waals surface area contributed by atoms with Gasteiger partial charge < -0.3 is 20.5 Å². The van der Waals surface area contributed by atoms with Crippen LogP contribution in [0.1, 0.15) is 29.8 Å². The summed E-state index contributed by atoms with van der Waals surface area (Å²) in [6, 6.07) is 12.5. The summed E-state index contributed by atoms with van der Waals surface area (Å²) in [7, 11) is 0. The van der Waals surface area contributed by atoms with Crippen LogP contribution in [0, 0.1) is 11.7 Å². The van der Waals surface area contributed by atoms with E-state index < -0.39 is 35.6 Å². The third-order valence-electron chi connectivity index (χ3n) is 3.94. The molecule has 2 N–H and O–H groups in total. The number of carboxylic acid groups (broad SMARTS) is 1. The number of halogens is 1. The molecule has 2 amide bonds. The third kappa shape index (κ3) is 5.51. The van der Waals surface area contributed by atoms with Gasteiger partial charge in [0, 0.05) is 11.1 Å². The van der Waals surface area contributed by atoms with Gasteiger partial charge >= 0.3 is 0 Å². The molecule has 2 aromatic rings. The fraction of sp³-hybridized carbons (Fsp3) is 0.190. The van der Waals surface area contributed by atoms with Crippen molar-refractivity contribution in [3.8, 4) is 0 Å². The first-order valence-corrected chi connectivity index (χ1v) is 8.64. The van der Waals surface area contributed by atoms with Gasteiger partial charge in [-0.1, -0.05) is 50.2 Å². The Morgan fingerprint density at radius 3 is 2.18 bits per heavy atom. The number of rotatable bonds is 7. The molecular weight excluding hydrogens is 363 g/mol. The molecule has 6 nitrogen and oxygen atoms in total. The highest BCUT2D eigenvalue weighted by Gasteiger charge is 2.21. The first-order chi connectivity index (χ1) is 13.3. The average Bonchev–Trinajstić information content (AvgIpc) is 2.67. The van der Waals surface area contributed by atoms with E-state index in [1.807, 2.05) is 0 Å². The Bertz CT molecular complexity index is 894. The number of aliphatic carboxylic acids is 1. The summed E-state index contributed by atoms with van der Waals surface area (Å²) in [6.45, 7) is 3.20. The second-order valence-electron chi connectivity index (χ2n) is 6.41. The van der Waals surface area contributed by atoms with Crippen molar-refractivity contribution in [2.45, 2.75) is 19.9 Å². The van der Waals surface area contributed by atoms with Crippen LogP contribution >= 0.6 is 0 Å². The largest absolute Gasteiger partial charge is 0.548 e. The molecule has 0 saturated carbocycles. The minimum atomic E-state index is -1.46. The topological polar surface area (TPSA) is 98.3 Å². The average molecular weight is 383 g/mol. The molecule has 146 valence electrons.